The van der Waals surface area contributed by atoms with Gasteiger partial charge in [0.15, 0.2) is 0 Å². The molecule has 1 aliphatic rings. The van der Waals surface area contributed by atoms with E-state index in [2.05, 4.69) is 10.3 Å². The maximum absolute atomic E-state index is 11.9. The highest BCUT2D eigenvalue weighted by molar-refractivity contribution is 8.76. The fraction of sp³-hybridized carbons (Fsp3) is 0.438. The van der Waals surface area contributed by atoms with Crippen molar-refractivity contribution < 1.29 is 24.0 Å². The molecule has 0 saturated carbocycles. The molecule has 1 saturated heterocycles. The Kier molecular flexibility index (Phi) is 7.92. The maximum atomic E-state index is 11.9. The summed E-state index contributed by atoms with van der Waals surface area (Å²) < 4.78 is 0. The van der Waals surface area contributed by atoms with Crippen LogP contribution in [0, 0.1) is 0 Å². The molecule has 1 N–H and O–H groups in total. The van der Waals surface area contributed by atoms with Crippen molar-refractivity contribution in [3.05, 3.63) is 24.4 Å². The summed E-state index contributed by atoms with van der Waals surface area (Å²) in [5.41, 5.74) is 0. The number of hydrogen-bond acceptors (Lipinski definition) is 8. The van der Waals surface area contributed by atoms with Crippen LogP contribution in [0.4, 0.5) is 0 Å². The van der Waals surface area contributed by atoms with E-state index in [1.165, 1.54) is 21.6 Å². The van der Waals surface area contributed by atoms with Crippen molar-refractivity contribution in [1.29, 1.82) is 0 Å². The third-order valence-corrected chi connectivity index (χ3v) is 6.05. The van der Waals surface area contributed by atoms with E-state index in [9.17, 15) is 19.2 Å². The lowest BCUT2D eigenvalue weighted by Gasteiger charge is -2.13. The van der Waals surface area contributed by atoms with Gasteiger partial charge in [-0.2, -0.15) is 0 Å². The Morgan fingerprint density at radius 1 is 1.31 bits per heavy atom. The maximum Gasteiger partial charge on any atom is 0.334 e. The van der Waals surface area contributed by atoms with E-state index in [0.717, 1.165) is 5.03 Å². The minimum Gasteiger partial charge on any atom is -0.355 e. The topological polar surface area (TPSA) is 106 Å². The molecule has 1 aromatic rings. The molecular weight excluding hydrogens is 378 g/mol. The molecule has 140 valence electrons. The monoisotopic (exact) mass is 397 g/mol. The number of nitrogens with one attached hydrogen (secondary N) is 1. The van der Waals surface area contributed by atoms with Gasteiger partial charge in [0.2, 0.25) is 5.91 Å². The number of amides is 3. The number of nitrogens with zero attached hydrogens (tertiary/aromatic N) is 2. The number of rotatable bonds is 9. The van der Waals surface area contributed by atoms with Crippen molar-refractivity contribution in [2.45, 2.75) is 42.9 Å². The Balaban J connectivity index is 1.60. The van der Waals surface area contributed by atoms with Crippen LogP contribution in [0.5, 0.6) is 0 Å². The molecule has 1 atom stereocenters. The van der Waals surface area contributed by atoms with Crippen molar-refractivity contribution >= 4 is 45.3 Å². The molecule has 0 radical (unpaired) electrons. The molecule has 0 bridgehead atoms. The Hall–Kier alpha value is -2.07. The molecule has 1 fully saturated rings. The number of hydroxylamine groups is 2. The first-order valence-electron chi connectivity index (χ1n) is 8.03. The lowest BCUT2D eigenvalue weighted by molar-refractivity contribution is -0.197. The van der Waals surface area contributed by atoms with Crippen molar-refractivity contribution in [1.82, 2.24) is 15.4 Å². The second kappa shape index (κ2) is 10.2. The van der Waals surface area contributed by atoms with Crippen LogP contribution in [0.3, 0.4) is 0 Å². The zero-order valence-corrected chi connectivity index (χ0v) is 15.8. The van der Waals surface area contributed by atoms with Gasteiger partial charge < -0.3 is 10.2 Å². The van der Waals surface area contributed by atoms with Crippen molar-refractivity contribution in [2.24, 2.45) is 0 Å². The van der Waals surface area contributed by atoms with Gasteiger partial charge in [-0.3, -0.25) is 14.4 Å². The zero-order valence-electron chi connectivity index (χ0n) is 14.2. The molecule has 0 aromatic carbocycles. The summed E-state index contributed by atoms with van der Waals surface area (Å²) in [6, 6.07) is 5.63. The van der Waals surface area contributed by atoms with Crippen LogP contribution < -0.4 is 5.32 Å². The van der Waals surface area contributed by atoms with Crippen molar-refractivity contribution in [3.63, 3.8) is 0 Å². The van der Waals surface area contributed by atoms with Gasteiger partial charge in [0.25, 0.3) is 11.8 Å². The molecule has 2 heterocycles. The third-order valence-electron chi connectivity index (χ3n) is 3.26. The Labute approximate surface area is 158 Å². The predicted octanol–water partition coefficient (Wildman–Crippen LogP) is 1.71. The van der Waals surface area contributed by atoms with Gasteiger partial charge in [0.1, 0.15) is 5.03 Å². The Morgan fingerprint density at radius 2 is 2.04 bits per heavy atom. The van der Waals surface area contributed by atoms with Crippen LogP contribution in [0.15, 0.2) is 29.4 Å². The minimum absolute atomic E-state index is 0.0505. The third kappa shape index (κ3) is 6.68. The number of carbonyl (C=O) groups excluding carboxylic acids is 4. The molecule has 26 heavy (non-hydrogen) atoms. The number of pyridine rings is 1. The lowest BCUT2D eigenvalue weighted by Crippen LogP contribution is -2.34. The van der Waals surface area contributed by atoms with Gasteiger partial charge in [0, 0.05) is 37.3 Å². The molecule has 8 nitrogen and oxygen atoms in total. The van der Waals surface area contributed by atoms with Gasteiger partial charge in [-0.1, -0.05) is 23.8 Å². The first kappa shape index (κ1) is 20.2. The molecule has 0 aliphatic carbocycles. The summed E-state index contributed by atoms with van der Waals surface area (Å²) in [4.78, 5) is 55.1. The van der Waals surface area contributed by atoms with E-state index in [0.29, 0.717) is 11.5 Å². The Bertz CT molecular complexity index is 655. The van der Waals surface area contributed by atoms with Crippen LogP contribution in [0.2, 0.25) is 0 Å². The van der Waals surface area contributed by atoms with E-state index in [-0.39, 0.29) is 37.0 Å². The van der Waals surface area contributed by atoms with Crippen LogP contribution in [-0.4, -0.2) is 45.5 Å². The van der Waals surface area contributed by atoms with Gasteiger partial charge in [-0.05, 0) is 22.9 Å². The second-order valence-electron chi connectivity index (χ2n) is 5.51. The van der Waals surface area contributed by atoms with E-state index in [1.807, 2.05) is 25.1 Å². The second-order valence-corrected chi connectivity index (χ2v) is 8.17. The van der Waals surface area contributed by atoms with Gasteiger partial charge in [0.05, 0.1) is 6.42 Å². The summed E-state index contributed by atoms with van der Waals surface area (Å²) >= 11 is 0. The molecule has 1 aromatic heterocycles. The highest BCUT2D eigenvalue weighted by atomic mass is 33.1. The lowest BCUT2D eigenvalue weighted by atomic mass is 10.3. The number of aromatic nitrogens is 1. The van der Waals surface area contributed by atoms with Gasteiger partial charge in [-0.15, -0.1) is 5.06 Å². The molecule has 1 aliphatic heterocycles. The molecule has 10 heteroatoms. The summed E-state index contributed by atoms with van der Waals surface area (Å²) in [6.45, 7) is 2.01. The SMILES string of the molecule is CC(CC(=O)NCCC(=O)ON1C(=O)CCC1=O)SSc1ccccn1. The Morgan fingerprint density at radius 3 is 2.69 bits per heavy atom. The summed E-state index contributed by atoms with van der Waals surface area (Å²) in [5, 5.41) is 4.06. The number of hydrogen-bond donors (Lipinski definition) is 1. The van der Waals surface area contributed by atoms with E-state index >= 15 is 0 Å². The van der Waals surface area contributed by atoms with Crippen LogP contribution in [0.25, 0.3) is 0 Å². The molecule has 2 rings (SSSR count). The summed E-state index contributed by atoms with van der Waals surface area (Å²) in [5.74, 6) is -1.97. The fourth-order valence-electron chi connectivity index (χ4n) is 2.00. The first-order valence-corrected chi connectivity index (χ1v) is 10.2. The average Bonchev–Trinajstić information content (AvgIpc) is 2.93. The van der Waals surface area contributed by atoms with Crippen LogP contribution in [0.1, 0.15) is 32.6 Å². The van der Waals surface area contributed by atoms with Crippen molar-refractivity contribution in [3.8, 4) is 0 Å². The summed E-state index contributed by atoms with van der Waals surface area (Å²) in [7, 11) is 3.04. The van der Waals surface area contributed by atoms with E-state index in [1.54, 1.807) is 6.20 Å². The largest absolute Gasteiger partial charge is 0.355 e. The predicted molar refractivity (Wildman–Crippen MR) is 96.6 cm³/mol. The first-order chi connectivity index (χ1) is 12.5. The smallest absolute Gasteiger partial charge is 0.334 e. The molecule has 1 unspecified atom stereocenters. The number of carbonyl (C=O) groups is 4. The molecular formula is C16H19N3O5S2. The van der Waals surface area contributed by atoms with Gasteiger partial charge >= 0.3 is 5.97 Å². The van der Waals surface area contributed by atoms with Crippen molar-refractivity contribution in [2.75, 3.05) is 6.54 Å². The molecule has 3 amide bonds. The van der Waals surface area contributed by atoms with Crippen LogP contribution >= 0.6 is 21.6 Å². The van der Waals surface area contributed by atoms with Crippen LogP contribution in [-0.2, 0) is 24.0 Å². The minimum atomic E-state index is -0.734. The quantitative estimate of drug-likeness (QED) is 0.496. The average molecular weight is 397 g/mol. The zero-order chi connectivity index (χ0) is 18.9. The van der Waals surface area contributed by atoms with E-state index in [4.69, 9.17) is 4.84 Å². The fourth-order valence-corrected chi connectivity index (χ4v) is 4.01. The van der Waals surface area contributed by atoms with Gasteiger partial charge in [-0.25, -0.2) is 9.78 Å². The van der Waals surface area contributed by atoms with E-state index < -0.39 is 17.8 Å². The highest BCUT2D eigenvalue weighted by Gasteiger charge is 2.32. The molecule has 0 spiro atoms. The summed E-state index contributed by atoms with van der Waals surface area (Å²) in [6.07, 6.45) is 1.99. The normalized spacial score (nSPS) is 15.0. The number of imide groups is 1. The highest BCUT2D eigenvalue weighted by Crippen LogP contribution is 2.33. The standard InChI is InChI=1S/C16H19N3O5S2/c1-11(25-26-13-4-2-3-8-18-13)10-12(20)17-9-7-16(23)24-19-14(21)5-6-15(19)22/h2-4,8,11H,5-7,9-10H2,1H3,(H,17,20).